The third-order valence-corrected chi connectivity index (χ3v) is 4.51. The fourth-order valence-corrected chi connectivity index (χ4v) is 3.02. The number of benzene rings is 1. The molecule has 3 rings (SSSR count). The van der Waals surface area contributed by atoms with E-state index < -0.39 is 0 Å². The predicted molar refractivity (Wildman–Crippen MR) is 77.5 cm³/mol. The smallest absolute Gasteiger partial charge is 0.137 e. The molecule has 0 unspecified atom stereocenters. The second-order valence-corrected chi connectivity index (χ2v) is 6.01. The Bertz CT molecular complexity index is 613. The van der Waals surface area contributed by atoms with Gasteiger partial charge in [-0.05, 0) is 53.0 Å². The molecular weight excluding hydrogens is 323 g/mol. The van der Waals surface area contributed by atoms with Gasteiger partial charge < -0.3 is 0 Å². The summed E-state index contributed by atoms with van der Waals surface area (Å²) in [6.45, 7) is 1.82. The quantitative estimate of drug-likeness (QED) is 0.862. The highest BCUT2D eigenvalue weighted by molar-refractivity contribution is 9.10. The lowest BCUT2D eigenvalue weighted by atomic mass is 10.0. The van der Waals surface area contributed by atoms with E-state index in [1.165, 1.54) is 0 Å². The van der Waals surface area contributed by atoms with Crippen LogP contribution in [-0.2, 0) is 13.6 Å². The minimum absolute atomic E-state index is 0.198. The van der Waals surface area contributed by atoms with Gasteiger partial charge >= 0.3 is 0 Å². The maximum Gasteiger partial charge on any atom is 0.137 e. The van der Waals surface area contributed by atoms with Gasteiger partial charge in [-0.2, -0.15) is 0 Å². The Morgan fingerprint density at radius 2 is 2.30 bits per heavy atom. The Morgan fingerprint density at radius 3 is 3.00 bits per heavy atom. The molecular formula is C14H16BrFN4. The van der Waals surface area contributed by atoms with E-state index in [4.69, 9.17) is 0 Å². The third kappa shape index (κ3) is 2.62. The highest BCUT2D eigenvalue weighted by atomic mass is 79.9. The predicted octanol–water partition coefficient (Wildman–Crippen LogP) is 3.05. The molecule has 0 N–H and O–H groups in total. The summed E-state index contributed by atoms with van der Waals surface area (Å²) in [5.41, 5.74) is 2.12. The van der Waals surface area contributed by atoms with E-state index >= 15 is 0 Å². The summed E-state index contributed by atoms with van der Waals surface area (Å²) < 4.78 is 16.0. The Hall–Kier alpha value is -1.27. The summed E-state index contributed by atoms with van der Waals surface area (Å²) in [7, 11) is 1.90. The number of aryl methyl sites for hydroxylation is 1. The fourth-order valence-electron chi connectivity index (χ4n) is 2.77. The van der Waals surface area contributed by atoms with E-state index in [-0.39, 0.29) is 11.9 Å². The van der Waals surface area contributed by atoms with Crippen molar-refractivity contribution in [3.8, 4) is 0 Å². The second kappa shape index (κ2) is 5.61. The van der Waals surface area contributed by atoms with Crippen LogP contribution in [0.5, 0.6) is 0 Å². The highest BCUT2D eigenvalue weighted by Gasteiger charge is 2.27. The monoisotopic (exact) mass is 338 g/mol. The third-order valence-electron chi connectivity index (χ3n) is 3.87. The van der Waals surface area contributed by atoms with Crippen LogP contribution < -0.4 is 0 Å². The van der Waals surface area contributed by atoms with Crippen LogP contribution in [0.2, 0.25) is 0 Å². The van der Waals surface area contributed by atoms with Gasteiger partial charge in [-0.25, -0.2) is 4.39 Å². The Balaban J connectivity index is 1.81. The van der Waals surface area contributed by atoms with Gasteiger partial charge in [0.25, 0.3) is 0 Å². The first kappa shape index (κ1) is 13.7. The number of hydrogen-bond donors (Lipinski definition) is 0. The molecule has 1 atom stereocenters. The zero-order valence-electron chi connectivity index (χ0n) is 11.3. The summed E-state index contributed by atoms with van der Waals surface area (Å²) in [5.74, 6) is -0.198. The molecule has 0 amide bonds. The number of halogens is 2. The van der Waals surface area contributed by atoms with Crippen LogP contribution in [-0.4, -0.2) is 26.4 Å². The van der Waals surface area contributed by atoms with Crippen LogP contribution >= 0.6 is 15.9 Å². The molecule has 0 aliphatic carbocycles. The zero-order chi connectivity index (χ0) is 14.1. The number of nitrogens with zero attached hydrogens (tertiary/aromatic N) is 4. The summed E-state index contributed by atoms with van der Waals surface area (Å²) in [6.07, 6.45) is 3.98. The van der Waals surface area contributed by atoms with E-state index in [9.17, 15) is 4.39 Å². The van der Waals surface area contributed by atoms with Gasteiger partial charge in [0.15, 0.2) is 0 Å². The molecule has 1 aromatic carbocycles. The van der Waals surface area contributed by atoms with Crippen molar-refractivity contribution < 1.29 is 4.39 Å². The molecule has 0 bridgehead atoms. The van der Waals surface area contributed by atoms with Crippen LogP contribution in [0.1, 0.15) is 30.1 Å². The average molecular weight is 339 g/mol. The normalized spacial score (nSPS) is 19.6. The molecule has 1 saturated heterocycles. The maximum absolute atomic E-state index is 13.7. The molecule has 1 aromatic heterocycles. The van der Waals surface area contributed by atoms with Gasteiger partial charge in [0.2, 0.25) is 0 Å². The lowest BCUT2D eigenvalue weighted by molar-refractivity contribution is 0.241. The molecule has 20 heavy (non-hydrogen) atoms. The molecule has 0 spiro atoms. The largest absolute Gasteiger partial charge is 0.290 e. The molecule has 1 aliphatic heterocycles. The Kier molecular flexibility index (Phi) is 3.85. The van der Waals surface area contributed by atoms with Crippen molar-refractivity contribution in [2.24, 2.45) is 7.05 Å². The van der Waals surface area contributed by atoms with Crippen molar-refractivity contribution in [2.75, 3.05) is 6.54 Å². The first-order valence-corrected chi connectivity index (χ1v) is 7.47. The molecule has 2 aromatic rings. The minimum Gasteiger partial charge on any atom is -0.290 e. The topological polar surface area (TPSA) is 34.0 Å². The van der Waals surface area contributed by atoms with Crippen LogP contribution in [0.4, 0.5) is 4.39 Å². The molecule has 0 radical (unpaired) electrons. The first-order valence-electron chi connectivity index (χ1n) is 6.67. The fraction of sp³-hybridized carbons (Fsp3) is 0.429. The van der Waals surface area contributed by atoms with Crippen molar-refractivity contribution >= 4 is 15.9 Å². The Labute approximate surface area is 125 Å². The van der Waals surface area contributed by atoms with Crippen LogP contribution in [0.25, 0.3) is 0 Å². The van der Waals surface area contributed by atoms with Gasteiger partial charge in [-0.15, -0.1) is 5.10 Å². The highest BCUT2D eigenvalue weighted by Crippen LogP contribution is 2.34. The zero-order valence-corrected chi connectivity index (χ0v) is 12.8. The molecule has 6 heteroatoms. The first-order chi connectivity index (χ1) is 9.65. The van der Waals surface area contributed by atoms with Crippen molar-refractivity contribution in [3.63, 3.8) is 0 Å². The van der Waals surface area contributed by atoms with Crippen LogP contribution in [0.3, 0.4) is 0 Å². The van der Waals surface area contributed by atoms with Gasteiger partial charge in [-0.3, -0.25) is 9.58 Å². The lowest BCUT2D eigenvalue weighted by Crippen LogP contribution is -2.24. The Morgan fingerprint density at radius 1 is 1.45 bits per heavy atom. The molecule has 2 heterocycles. The van der Waals surface area contributed by atoms with Gasteiger partial charge in [0.1, 0.15) is 5.82 Å². The molecule has 106 valence electrons. The van der Waals surface area contributed by atoms with Gasteiger partial charge in [-0.1, -0.05) is 11.3 Å². The van der Waals surface area contributed by atoms with Gasteiger partial charge in [0.05, 0.1) is 16.4 Å². The van der Waals surface area contributed by atoms with Gasteiger partial charge in [0, 0.05) is 19.6 Å². The lowest BCUT2D eigenvalue weighted by Gasteiger charge is -2.24. The second-order valence-electron chi connectivity index (χ2n) is 5.15. The van der Waals surface area contributed by atoms with E-state index in [1.54, 1.807) is 23.0 Å². The summed E-state index contributed by atoms with van der Waals surface area (Å²) >= 11 is 3.20. The average Bonchev–Trinajstić information content (AvgIpc) is 3.04. The summed E-state index contributed by atoms with van der Waals surface area (Å²) in [5, 5.41) is 7.86. The van der Waals surface area contributed by atoms with Crippen molar-refractivity contribution in [3.05, 3.63) is 45.9 Å². The molecule has 1 aliphatic rings. The van der Waals surface area contributed by atoms with Crippen molar-refractivity contribution in [2.45, 2.75) is 25.4 Å². The molecule has 1 fully saturated rings. The maximum atomic E-state index is 13.7. The number of rotatable bonds is 3. The van der Waals surface area contributed by atoms with Crippen molar-refractivity contribution in [1.29, 1.82) is 0 Å². The molecule has 4 nitrogen and oxygen atoms in total. The number of hydrogen-bond acceptors (Lipinski definition) is 3. The van der Waals surface area contributed by atoms with Crippen LogP contribution in [0, 0.1) is 5.82 Å². The minimum atomic E-state index is -0.198. The van der Waals surface area contributed by atoms with E-state index in [1.807, 2.05) is 13.1 Å². The number of aromatic nitrogens is 3. The van der Waals surface area contributed by atoms with E-state index in [2.05, 4.69) is 31.1 Å². The summed E-state index contributed by atoms with van der Waals surface area (Å²) in [4.78, 5) is 2.36. The summed E-state index contributed by atoms with van der Waals surface area (Å²) in [6, 6.07) is 5.69. The van der Waals surface area contributed by atoms with E-state index in [0.29, 0.717) is 4.47 Å². The van der Waals surface area contributed by atoms with Crippen LogP contribution in [0.15, 0.2) is 28.9 Å². The van der Waals surface area contributed by atoms with E-state index in [0.717, 1.165) is 37.2 Å². The SMILES string of the molecule is Cn1nncc1CN1CCC[C@@H]1c1ccc(Br)c(F)c1. The number of likely N-dealkylation sites (tertiary alicyclic amines) is 1. The molecule has 0 saturated carbocycles. The van der Waals surface area contributed by atoms with Crippen molar-refractivity contribution in [1.82, 2.24) is 19.9 Å². The standard InChI is InChI=1S/C14H16BrFN4/c1-19-11(8-17-18-19)9-20-6-2-3-14(20)10-4-5-12(15)13(16)7-10/h4-5,7-8,14H,2-3,6,9H2,1H3/t14-/m1/s1.